The van der Waals surface area contributed by atoms with E-state index >= 15 is 0 Å². The van der Waals surface area contributed by atoms with Crippen molar-refractivity contribution in [2.75, 3.05) is 13.2 Å². The van der Waals surface area contributed by atoms with E-state index in [4.69, 9.17) is 32.7 Å². The average Bonchev–Trinajstić information content (AvgIpc) is 3.63. The molecule has 33 heavy (non-hydrogen) atoms. The number of carbonyl (C=O) groups excluding carboxylic acids is 2. The van der Waals surface area contributed by atoms with Gasteiger partial charge < -0.3 is 20.1 Å². The number of nitrogens with zero attached hydrogens (tertiary/aromatic N) is 2. The van der Waals surface area contributed by atoms with Gasteiger partial charge in [-0.2, -0.15) is 0 Å². The number of halogens is 2. The molecule has 4 fully saturated rings. The summed E-state index contributed by atoms with van der Waals surface area (Å²) in [6.45, 7) is 1.78. The first-order valence-electron chi connectivity index (χ1n) is 10.9. The molecule has 1 atom stereocenters. The summed E-state index contributed by atoms with van der Waals surface area (Å²) in [5, 5.41) is 6.91. The second kappa shape index (κ2) is 8.33. The minimum absolute atomic E-state index is 0.112. The summed E-state index contributed by atoms with van der Waals surface area (Å²) in [6, 6.07) is 4.84. The fraction of sp³-hybridized carbons (Fsp3) is 0.478. The second-order valence-electron chi connectivity index (χ2n) is 9.19. The minimum atomic E-state index is -0.309. The lowest BCUT2D eigenvalue weighted by Crippen LogP contribution is -2.89. The van der Waals surface area contributed by atoms with E-state index in [1.807, 2.05) is 6.92 Å². The fourth-order valence-electron chi connectivity index (χ4n) is 4.82. The van der Waals surface area contributed by atoms with Gasteiger partial charge in [0.2, 0.25) is 5.88 Å². The predicted octanol–water partition coefficient (Wildman–Crippen LogP) is 3.27. The maximum absolute atomic E-state index is 12.4. The average molecular weight is 491 g/mol. The van der Waals surface area contributed by atoms with Crippen LogP contribution >= 0.6 is 23.2 Å². The van der Waals surface area contributed by atoms with Crippen molar-refractivity contribution < 1.29 is 19.1 Å². The number of hydrogen-bond acceptors (Lipinski definition) is 6. The van der Waals surface area contributed by atoms with E-state index in [2.05, 4.69) is 20.6 Å². The molecule has 1 heterocycles. The van der Waals surface area contributed by atoms with Crippen molar-refractivity contribution in [1.29, 1.82) is 0 Å². The van der Waals surface area contributed by atoms with Crippen LogP contribution in [0.4, 0.5) is 0 Å². The number of benzene rings is 1. The van der Waals surface area contributed by atoms with Crippen LogP contribution in [-0.2, 0) is 9.59 Å². The van der Waals surface area contributed by atoms with E-state index in [1.165, 1.54) is 0 Å². The van der Waals surface area contributed by atoms with Crippen molar-refractivity contribution >= 4 is 35.0 Å². The second-order valence-corrected chi connectivity index (χ2v) is 10.0. The monoisotopic (exact) mass is 490 g/mol. The van der Waals surface area contributed by atoms with Gasteiger partial charge in [-0.25, -0.2) is 4.98 Å². The van der Waals surface area contributed by atoms with E-state index in [0.717, 1.165) is 18.5 Å². The molecular weight excluding hydrogens is 467 g/mol. The van der Waals surface area contributed by atoms with Crippen LogP contribution in [0.5, 0.6) is 11.6 Å². The van der Waals surface area contributed by atoms with Crippen LogP contribution in [0, 0.1) is 5.92 Å². The molecule has 0 spiro atoms. The van der Waals surface area contributed by atoms with Crippen molar-refractivity contribution in [3.8, 4) is 11.6 Å². The molecule has 4 aliphatic carbocycles. The topological polar surface area (TPSA) is 102 Å². The van der Waals surface area contributed by atoms with Gasteiger partial charge in [0.05, 0.1) is 28.1 Å². The highest BCUT2D eigenvalue weighted by Gasteiger charge is 2.75. The third-order valence-electron chi connectivity index (χ3n) is 6.95. The maximum atomic E-state index is 12.4. The molecule has 0 aliphatic heterocycles. The van der Waals surface area contributed by atoms with E-state index < -0.39 is 0 Å². The molecule has 2 aromatic rings. The Kier molecular flexibility index (Phi) is 5.61. The number of aromatic nitrogens is 2. The Hall–Kier alpha value is -2.58. The predicted molar refractivity (Wildman–Crippen MR) is 122 cm³/mol. The molecule has 10 heteroatoms. The molecule has 0 unspecified atom stereocenters. The molecule has 2 bridgehead atoms. The summed E-state index contributed by atoms with van der Waals surface area (Å²) < 4.78 is 11.0. The number of nitrogens with one attached hydrogen (secondary N) is 2. The van der Waals surface area contributed by atoms with Gasteiger partial charge in [0, 0.05) is 29.0 Å². The first kappa shape index (κ1) is 22.2. The minimum Gasteiger partial charge on any atom is -0.484 e. The van der Waals surface area contributed by atoms with Gasteiger partial charge in [-0.3, -0.25) is 14.6 Å². The molecule has 8 nitrogen and oxygen atoms in total. The Morgan fingerprint density at radius 3 is 2.21 bits per heavy atom. The maximum Gasteiger partial charge on any atom is 0.258 e. The Morgan fingerprint density at radius 1 is 1.00 bits per heavy atom. The van der Waals surface area contributed by atoms with Crippen molar-refractivity contribution in [2.45, 2.75) is 49.6 Å². The summed E-state index contributed by atoms with van der Waals surface area (Å²) >= 11 is 11.8. The van der Waals surface area contributed by atoms with Crippen molar-refractivity contribution in [3.63, 3.8) is 0 Å². The lowest BCUT2D eigenvalue weighted by Gasteiger charge is -2.75. The molecule has 4 aliphatic rings. The smallest absolute Gasteiger partial charge is 0.258 e. The van der Waals surface area contributed by atoms with Gasteiger partial charge in [0.1, 0.15) is 5.75 Å². The van der Waals surface area contributed by atoms with Gasteiger partial charge in [0.25, 0.3) is 11.8 Å². The highest BCUT2D eigenvalue weighted by atomic mass is 35.5. The number of carbonyl (C=O) groups is 2. The lowest BCUT2D eigenvalue weighted by atomic mass is 9.37. The summed E-state index contributed by atoms with van der Waals surface area (Å²) in [6.07, 6.45) is 6.96. The van der Waals surface area contributed by atoms with Gasteiger partial charge >= 0.3 is 0 Å². The molecule has 6 rings (SSSR count). The zero-order valence-corrected chi connectivity index (χ0v) is 19.6. The third kappa shape index (κ3) is 4.34. The summed E-state index contributed by atoms with van der Waals surface area (Å²) in [5.74, 6) is 1.02. The molecular formula is C23H24Cl2N4O4. The van der Waals surface area contributed by atoms with Gasteiger partial charge in [-0.15, -0.1) is 0 Å². The number of amides is 2. The molecule has 1 aromatic heterocycles. The number of hydrogen-bond donors (Lipinski definition) is 2. The van der Waals surface area contributed by atoms with Crippen LogP contribution in [0.15, 0.2) is 30.6 Å². The first-order valence-corrected chi connectivity index (χ1v) is 11.7. The Morgan fingerprint density at radius 2 is 1.67 bits per heavy atom. The standard InChI is InChI=1S/C23H24Cl2N4O4/c1-13-22(28-19(30)9-32-15-4-5-16(24)17(25)6-15)11-23(13,12-22)29-20(31)10-33-21-8-26-18(7-27-21)14-2-3-14/h4-8,13-14H,2-3,9-12H2,1H3,(H,28,30)(H,29,31)/t13-,22?,23?/m1/s1. The Bertz CT molecular complexity index is 1080. The van der Waals surface area contributed by atoms with Crippen molar-refractivity contribution in [3.05, 3.63) is 46.3 Å². The lowest BCUT2D eigenvalue weighted by molar-refractivity contribution is -0.183. The normalized spacial score (nSPS) is 27.1. The molecule has 174 valence electrons. The number of rotatable bonds is 9. The van der Waals surface area contributed by atoms with Crippen LogP contribution in [0.1, 0.15) is 44.2 Å². The van der Waals surface area contributed by atoms with Crippen LogP contribution < -0.4 is 20.1 Å². The largest absolute Gasteiger partial charge is 0.484 e. The van der Waals surface area contributed by atoms with Crippen LogP contribution in [0.2, 0.25) is 10.0 Å². The van der Waals surface area contributed by atoms with E-state index in [9.17, 15) is 9.59 Å². The van der Waals surface area contributed by atoms with E-state index in [0.29, 0.717) is 40.4 Å². The first-order chi connectivity index (χ1) is 15.8. The molecule has 1 aromatic carbocycles. The van der Waals surface area contributed by atoms with Crippen molar-refractivity contribution in [2.24, 2.45) is 5.92 Å². The summed E-state index contributed by atoms with van der Waals surface area (Å²) in [7, 11) is 0. The van der Waals surface area contributed by atoms with Crippen LogP contribution in [0.3, 0.4) is 0 Å². The van der Waals surface area contributed by atoms with Gasteiger partial charge in [-0.05, 0) is 37.8 Å². The van der Waals surface area contributed by atoms with Gasteiger partial charge in [-0.1, -0.05) is 30.1 Å². The highest BCUT2D eigenvalue weighted by molar-refractivity contribution is 6.42. The molecule has 0 radical (unpaired) electrons. The molecule has 2 N–H and O–H groups in total. The highest BCUT2D eigenvalue weighted by Crippen LogP contribution is 2.64. The zero-order chi connectivity index (χ0) is 23.2. The molecule has 4 saturated carbocycles. The van der Waals surface area contributed by atoms with Crippen molar-refractivity contribution in [1.82, 2.24) is 20.6 Å². The Labute approximate surface area is 201 Å². The summed E-state index contributed by atoms with van der Waals surface area (Å²) in [4.78, 5) is 33.4. The quantitative estimate of drug-likeness (QED) is 0.559. The zero-order valence-electron chi connectivity index (χ0n) is 18.1. The van der Waals surface area contributed by atoms with Gasteiger partial charge in [0.15, 0.2) is 13.2 Å². The molecule has 2 amide bonds. The fourth-order valence-corrected chi connectivity index (χ4v) is 5.11. The van der Waals surface area contributed by atoms with Crippen LogP contribution in [0.25, 0.3) is 0 Å². The van der Waals surface area contributed by atoms with E-state index in [-0.39, 0.29) is 42.0 Å². The SMILES string of the molecule is C[C@@H]1C2(NC(=O)COc3ccc(Cl)c(Cl)c3)CC1(NC(=O)COc1cnc(C3CC3)cn1)C2. The summed E-state index contributed by atoms with van der Waals surface area (Å²) in [5.41, 5.74) is 0.361. The third-order valence-corrected chi connectivity index (χ3v) is 7.69. The Balaban J connectivity index is 1.05. The molecule has 0 saturated heterocycles. The van der Waals surface area contributed by atoms with E-state index in [1.54, 1.807) is 30.6 Å². The van der Waals surface area contributed by atoms with Crippen LogP contribution in [-0.4, -0.2) is 46.1 Å². The number of ether oxygens (including phenoxy) is 2.